The van der Waals surface area contributed by atoms with E-state index in [0.29, 0.717) is 17.6 Å². The van der Waals surface area contributed by atoms with Gasteiger partial charge in [-0.05, 0) is 31.6 Å². The molecule has 0 unspecified atom stereocenters. The Balaban J connectivity index is 2.45. The number of rotatable bonds is 5. The fourth-order valence-corrected chi connectivity index (χ4v) is 3.37. The number of nitrogens with zero attached hydrogens (tertiary/aromatic N) is 2. The second-order valence-corrected chi connectivity index (χ2v) is 6.52. The summed E-state index contributed by atoms with van der Waals surface area (Å²) in [5.74, 6) is 0.516. The normalized spacial score (nSPS) is 17.0. The molecule has 1 aromatic rings. The third-order valence-corrected chi connectivity index (χ3v) is 4.28. The summed E-state index contributed by atoms with van der Waals surface area (Å²) in [7, 11) is 0. The molecule has 1 aliphatic carbocycles. The number of aromatic nitrogens is 2. The molecule has 4 heteroatoms. The second kappa shape index (κ2) is 6.51. The number of nitrogens with two attached hydrogens (primary N) is 1. The summed E-state index contributed by atoms with van der Waals surface area (Å²) in [5.41, 5.74) is 7.72. The minimum absolute atomic E-state index is 0.0426. The summed E-state index contributed by atoms with van der Waals surface area (Å²) in [6.45, 7) is 7.41. The number of anilines is 1. The zero-order valence-corrected chi connectivity index (χ0v) is 13.2. The van der Waals surface area contributed by atoms with Gasteiger partial charge in [-0.2, -0.15) is 0 Å². The van der Waals surface area contributed by atoms with Crippen LogP contribution in [0, 0.1) is 5.92 Å². The molecule has 1 fully saturated rings. The van der Waals surface area contributed by atoms with Gasteiger partial charge in [0, 0.05) is 6.54 Å². The third-order valence-electron chi connectivity index (χ3n) is 4.28. The Morgan fingerprint density at radius 2 is 1.90 bits per heavy atom. The molecule has 1 saturated carbocycles. The van der Waals surface area contributed by atoms with Gasteiger partial charge in [-0.15, -0.1) is 0 Å². The van der Waals surface area contributed by atoms with E-state index >= 15 is 0 Å². The molecule has 0 radical (unpaired) electrons. The molecule has 0 atom stereocenters. The molecular formula is C16H29N3O. The first-order valence-corrected chi connectivity index (χ1v) is 8.15. The molecule has 0 amide bonds. The predicted octanol–water partition coefficient (Wildman–Crippen LogP) is 3.35. The van der Waals surface area contributed by atoms with Gasteiger partial charge in [0.15, 0.2) is 0 Å². The van der Waals surface area contributed by atoms with Crippen molar-refractivity contribution < 1.29 is 0 Å². The first kappa shape index (κ1) is 15.2. The summed E-state index contributed by atoms with van der Waals surface area (Å²) < 4.78 is 4.17. The lowest BCUT2D eigenvalue weighted by Gasteiger charge is -2.26. The van der Waals surface area contributed by atoms with Crippen LogP contribution in [0.1, 0.15) is 71.0 Å². The molecule has 1 aliphatic rings. The smallest absolute Gasteiger partial charge is 0.290 e. The summed E-state index contributed by atoms with van der Waals surface area (Å²) in [6.07, 6.45) is 7.92. The lowest BCUT2D eigenvalue weighted by atomic mass is 9.96. The van der Waals surface area contributed by atoms with Crippen LogP contribution in [0.5, 0.6) is 0 Å². The fraction of sp³-hybridized carbons (Fsp3) is 0.812. The van der Waals surface area contributed by atoms with E-state index in [1.165, 1.54) is 19.3 Å². The van der Waals surface area contributed by atoms with Crippen LogP contribution in [0.4, 0.5) is 5.69 Å². The highest BCUT2D eigenvalue weighted by atomic mass is 16.1. The van der Waals surface area contributed by atoms with Crippen molar-refractivity contribution in [1.29, 1.82) is 0 Å². The monoisotopic (exact) mass is 279 g/mol. The molecule has 0 saturated heterocycles. The van der Waals surface area contributed by atoms with E-state index in [1.807, 2.05) is 4.68 Å². The Labute approximate surface area is 121 Å². The highest BCUT2D eigenvalue weighted by Crippen LogP contribution is 2.29. The molecule has 20 heavy (non-hydrogen) atoms. The van der Waals surface area contributed by atoms with Crippen LogP contribution in [0.3, 0.4) is 0 Å². The maximum Gasteiger partial charge on any atom is 0.290 e. The van der Waals surface area contributed by atoms with Crippen LogP contribution in [-0.2, 0) is 13.0 Å². The van der Waals surface area contributed by atoms with E-state index in [2.05, 4.69) is 25.5 Å². The van der Waals surface area contributed by atoms with Crippen molar-refractivity contribution in [1.82, 2.24) is 9.36 Å². The lowest BCUT2D eigenvalue weighted by molar-refractivity contribution is 0.276. The molecule has 114 valence electrons. The van der Waals surface area contributed by atoms with E-state index in [4.69, 9.17) is 5.73 Å². The summed E-state index contributed by atoms with van der Waals surface area (Å²) in [5, 5.41) is 0. The average Bonchev–Trinajstić information content (AvgIpc) is 2.65. The molecular weight excluding hydrogens is 250 g/mol. The summed E-state index contributed by atoms with van der Waals surface area (Å²) >= 11 is 0. The van der Waals surface area contributed by atoms with Crippen molar-refractivity contribution in [2.45, 2.75) is 78.3 Å². The number of hydrogen-bond acceptors (Lipinski definition) is 2. The third kappa shape index (κ3) is 2.94. The summed E-state index contributed by atoms with van der Waals surface area (Å²) in [6, 6.07) is 0.353. The lowest BCUT2D eigenvalue weighted by Crippen LogP contribution is -2.30. The SMILES string of the molecule is CCCn1c(CC(C)C)c(N)c(=O)n1C1CCCCC1. The molecule has 2 N–H and O–H groups in total. The maximum atomic E-state index is 12.6. The van der Waals surface area contributed by atoms with Gasteiger partial charge in [-0.1, -0.05) is 40.0 Å². The van der Waals surface area contributed by atoms with Crippen molar-refractivity contribution in [3.05, 3.63) is 16.0 Å². The highest BCUT2D eigenvalue weighted by molar-refractivity contribution is 5.42. The van der Waals surface area contributed by atoms with Crippen molar-refractivity contribution in [2.24, 2.45) is 5.92 Å². The molecule has 1 heterocycles. The highest BCUT2D eigenvalue weighted by Gasteiger charge is 2.24. The Hall–Kier alpha value is -1.19. The summed E-state index contributed by atoms with van der Waals surface area (Å²) in [4.78, 5) is 12.6. The van der Waals surface area contributed by atoms with Gasteiger partial charge in [0.25, 0.3) is 5.56 Å². The van der Waals surface area contributed by atoms with Crippen LogP contribution < -0.4 is 11.3 Å². The minimum atomic E-state index is 0.0426. The molecule has 0 aromatic carbocycles. The van der Waals surface area contributed by atoms with Gasteiger partial charge in [0.1, 0.15) is 5.69 Å². The average molecular weight is 279 g/mol. The second-order valence-electron chi connectivity index (χ2n) is 6.52. The van der Waals surface area contributed by atoms with E-state index < -0.39 is 0 Å². The van der Waals surface area contributed by atoms with Crippen molar-refractivity contribution in [2.75, 3.05) is 5.73 Å². The maximum absolute atomic E-state index is 12.6. The van der Waals surface area contributed by atoms with Crippen LogP contribution in [0.25, 0.3) is 0 Å². The van der Waals surface area contributed by atoms with E-state index in [-0.39, 0.29) is 5.56 Å². The molecule has 2 rings (SSSR count). The van der Waals surface area contributed by atoms with Crippen molar-refractivity contribution in [3.8, 4) is 0 Å². The van der Waals surface area contributed by atoms with Crippen LogP contribution in [0.15, 0.2) is 4.79 Å². The van der Waals surface area contributed by atoms with Gasteiger partial charge in [0.05, 0.1) is 11.7 Å². The molecule has 0 bridgehead atoms. The zero-order chi connectivity index (χ0) is 14.7. The predicted molar refractivity (Wildman–Crippen MR) is 84.1 cm³/mol. The van der Waals surface area contributed by atoms with Gasteiger partial charge in [0.2, 0.25) is 0 Å². The largest absolute Gasteiger partial charge is 0.393 e. The standard InChI is InChI=1S/C16H29N3O/c1-4-10-18-14(11-12(2)3)15(17)16(20)19(18)13-8-6-5-7-9-13/h12-13H,4-11,17H2,1-3H3. The van der Waals surface area contributed by atoms with Crippen LogP contribution in [0.2, 0.25) is 0 Å². The van der Waals surface area contributed by atoms with E-state index in [0.717, 1.165) is 37.9 Å². The first-order chi connectivity index (χ1) is 9.56. The van der Waals surface area contributed by atoms with Gasteiger partial charge < -0.3 is 5.73 Å². The van der Waals surface area contributed by atoms with Crippen molar-refractivity contribution in [3.63, 3.8) is 0 Å². The number of nitrogen functional groups attached to an aromatic ring is 1. The first-order valence-electron chi connectivity index (χ1n) is 8.15. The molecule has 0 spiro atoms. The van der Waals surface area contributed by atoms with Gasteiger partial charge in [-0.3, -0.25) is 9.48 Å². The molecule has 0 aliphatic heterocycles. The van der Waals surface area contributed by atoms with Gasteiger partial charge in [-0.25, -0.2) is 4.68 Å². The van der Waals surface area contributed by atoms with Crippen molar-refractivity contribution >= 4 is 5.69 Å². The Kier molecular flexibility index (Phi) is 4.95. The minimum Gasteiger partial charge on any atom is -0.393 e. The Morgan fingerprint density at radius 1 is 1.25 bits per heavy atom. The fourth-order valence-electron chi connectivity index (χ4n) is 3.37. The van der Waals surface area contributed by atoms with E-state index in [1.54, 1.807) is 0 Å². The zero-order valence-electron chi connectivity index (χ0n) is 13.2. The quantitative estimate of drug-likeness (QED) is 0.898. The van der Waals surface area contributed by atoms with Crippen LogP contribution >= 0.6 is 0 Å². The van der Waals surface area contributed by atoms with E-state index in [9.17, 15) is 4.79 Å². The molecule has 4 nitrogen and oxygen atoms in total. The topological polar surface area (TPSA) is 52.9 Å². The van der Waals surface area contributed by atoms with Crippen LogP contribution in [-0.4, -0.2) is 9.36 Å². The Bertz CT molecular complexity index is 493. The van der Waals surface area contributed by atoms with Gasteiger partial charge >= 0.3 is 0 Å². The molecule has 1 aromatic heterocycles. The number of hydrogen-bond donors (Lipinski definition) is 1. The Morgan fingerprint density at radius 3 is 2.45 bits per heavy atom.